The minimum atomic E-state index is -3.93. The molecular formula is C34H35N5O6S. The molecule has 3 aromatic carbocycles. The first-order chi connectivity index (χ1) is 22.0. The molecule has 1 atom stereocenters. The fraction of sp³-hybridized carbons (Fsp3) is 0.324. The molecule has 0 saturated carbocycles. The Morgan fingerprint density at radius 2 is 1.57 bits per heavy atom. The van der Waals surface area contributed by atoms with Crippen LogP contribution in [0.1, 0.15) is 46.5 Å². The third kappa shape index (κ3) is 7.66. The zero-order valence-electron chi connectivity index (χ0n) is 25.6. The van der Waals surface area contributed by atoms with Crippen LogP contribution in [0.2, 0.25) is 0 Å². The SMILES string of the molecule is CC(C)[C@@H](NS(=O)(=O)N1CCN(c2ccc(C#Cc3ccc4c(c3)C(=O)N(Cc3ccc(C#N)cc3)CCO4)cc2)CC1)C(=O)O. The van der Waals surface area contributed by atoms with Crippen LogP contribution >= 0.6 is 0 Å². The number of benzene rings is 3. The predicted octanol–water partition coefficient (Wildman–Crippen LogP) is 3.06. The Labute approximate surface area is 269 Å². The van der Waals surface area contributed by atoms with E-state index in [1.54, 1.807) is 43.0 Å². The number of carbonyl (C=O) groups excluding carboxylic acids is 1. The molecule has 5 rings (SSSR count). The van der Waals surface area contributed by atoms with E-state index in [2.05, 4.69) is 27.5 Å². The quantitative estimate of drug-likeness (QED) is 0.358. The minimum Gasteiger partial charge on any atom is -0.491 e. The Morgan fingerprint density at radius 3 is 2.20 bits per heavy atom. The summed E-state index contributed by atoms with van der Waals surface area (Å²) in [7, 11) is -3.93. The van der Waals surface area contributed by atoms with Crippen molar-refractivity contribution >= 4 is 27.8 Å². The molecule has 0 spiro atoms. The van der Waals surface area contributed by atoms with Crippen LogP contribution in [0.3, 0.4) is 0 Å². The van der Waals surface area contributed by atoms with E-state index in [9.17, 15) is 23.1 Å². The monoisotopic (exact) mass is 641 g/mol. The van der Waals surface area contributed by atoms with Crippen LogP contribution in [-0.2, 0) is 21.5 Å². The third-order valence-corrected chi connectivity index (χ3v) is 9.54. The maximum Gasteiger partial charge on any atom is 0.322 e. The van der Waals surface area contributed by atoms with Gasteiger partial charge < -0.3 is 19.6 Å². The Hall–Kier alpha value is -4.88. The molecule has 1 amide bonds. The summed E-state index contributed by atoms with van der Waals surface area (Å²) in [5, 5.41) is 18.4. The van der Waals surface area contributed by atoms with Gasteiger partial charge in [0.2, 0.25) is 0 Å². The summed E-state index contributed by atoms with van der Waals surface area (Å²) < 4.78 is 35.0. The molecule has 46 heavy (non-hydrogen) atoms. The average Bonchev–Trinajstić information content (AvgIpc) is 3.21. The van der Waals surface area contributed by atoms with Crippen molar-refractivity contribution in [3.8, 4) is 23.7 Å². The van der Waals surface area contributed by atoms with Crippen LogP contribution in [-0.4, -0.2) is 80.0 Å². The number of carboxylic acids is 1. The summed E-state index contributed by atoms with van der Waals surface area (Å²) in [4.78, 5) is 28.7. The summed E-state index contributed by atoms with van der Waals surface area (Å²) in [6.07, 6.45) is 0. The van der Waals surface area contributed by atoms with Crippen molar-refractivity contribution in [3.05, 3.63) is 94.5 Å². The van der Waals surface area contributed by atoms with Crippen molar-refractivity contribution in [2.75, 3.05) is 44.2 Å². The molecule has 238 valence electrons. The average molecular weight is 642 g/mol. The molecule has 0 radical (unpaired) electrons. The Morgan fingerprint density at radius 1 is 0.935 bits per heavy atom. The lowest BCUT2D eigenvalue weighted by molar-refractivity contribution is -0.140. The Balaban J connectivity index is 1.21. The summed E-state index contributed by atoms with van der Waals surface area (Å²) in [6.45, 7) is 5.90. The van der Waals surface area contributed by atoms with Gasteiger partial charge in [-0.15, -0.1) is 0 Å². The van der Waals surface area contributed by atoms with Gasteiger partial charge >= 0.3 is 5.97 Å². The molecule has 11 nitrogen and oxygen atoms in total. The van der Waals surface area contributed by atoms with Gasteiger partial charge in [-0.2, -0.15) is 22.7 Å². The Bertz CT molecular complexity index is 1800. The fourth-order valence-electron chi connectivity index (χ4n) is 5.29. The molecule has 12 heteroatoms. The molecule has 2 heterocycles. The normalized spacial score (nSPS) is 16.0. The van der Waals surface area contributed by atoms with Crippen LogP contribution in [0, 0.1) is 29.1 Å². The highest BCUT2D eigenvalue weighted by molar-refractivity contribution is 7.87. The number of carbonyl (C=O) groups is 2. The molecule has 2 aliphatic rings. The van der Waals surface area contributed by atoms with Crippen LogP contribution in [0.4, 0.5) is 5.69 Å². The van der Waals surface area contributed by atoms with Gasteiger partial charge in [0.05, 0.1) is 23.7 Å². The van der Waals surface area contributed by atoms with Crippen LogP contribution < -0.4 is 14.4 Å². The van der Waals surface area contributed by atoms with Crippen molar-refractivity contribution in [3.63, 3.8) is 0 Å². The van der Waals surface area contributed by atoms with Crippen molar-refractivity contribution in [1.29, 1.82) is 5.26 Å². The molecule has 1 fully saturated rings. The summed E-state index contributed by atoms with van der Waals surface area (Å²) in [5.41, 5.74) is 4.33. The van der Waals surface area contributed by atoms with E-state index in [-0.39, 0.29) is 24.9 Å². The van der Waals surface area contributed by atoms with E-state index in [0.717, 1.165) is 16.8 Å². The van der Waals surface area contributed by atoms with Crippen LogP contribution in [0.15, 0.2) is 66.7 Å². The van der Waals surface area contributed by atoms with Crippen molar-refractivity contribution in [1.82, 2.24) is 13.9 Å². The minimum absolute atomic E-state index is 0.143. The van der Waals surface area contributed by atoms with Crippen molar-refractivity contribution in [2.45, 2.75) is 26.4 Å². The molecule has 2 N–H and O–H groups in total. The number of rotatable bonds is 8. The van der Waals surface area contributed by atoms with E-state index in [1.807, 2.05) is 42.5 Å². The number of hydrogen-bond acceptors (Lipinski definition) is 7. The van der Waals surface area contributed by atoms with Crippen molar-refractivity contribution in [2.24, 2.45) is 5.92 Å². The van der Waals surface area contributed by atoms with E-state index < -0.39 is 22.2 Å². The molecule has 0 bridgehead atoms. The molecule has 0 unspecified atom stereocenters. The number of nitrogens with zero attached hydrogens (tertiary/aromatic N) is 4. The van der Waals surface area contributed by atoms with E-state index in [4.69, 9.17) is 10.00 Å². The van der Waals surface area contributed by atoms with E-state index in [1.165, 1.54) is 4.31 Å². The van der Waals surface area contributed by atoms with Gasteiger partial charge in [0.1, 0.15) is 18.4 Å². The maximum atomic E-state index is 13.4. The van der Waals surface area contributed by atoms with Crippen molar-refractivity contribution < 1.29 is 27.9 Å². The highest BCUT2D eigenvalue weighted by atomic mass is 32.2. The van der Waals surface area contributed by atoms with E-state index >= 15 is 0 Å². The predicted molar refractivity (Wildman–Crippen MR) is 172 cm³/mol. The summed E-state index contributed by atoms with van der Waals surface area (Å²) >= 11 is 0. The molecular weight excluding hydrogens is 606 g/mol. The number of anilines is 1. The second-order valence-corrected chi connectivity index (χ2v) is 13.2. The molecule has 0 aromatic heterocycles. The lowest BCUT2D eigenvalue weighted by Crippen LogP contribution is -2.55. The van der Waals surface area contributed by atoms with Gasteiger partial charge in [-0.25, -0.2) is 0 Å². The number of nitrogens with one attached hydrogen (secondary N) is 1. The zero-order chi connectivity index (χ0) is 32.8. The summed E-state index contributed by atoms with van der Waals surface area (Å²) in [6, 6.07) is 21.1. The van der Waals surface area contributed by atoms with Gasteiger partial charge in [-0.05, 0) is 66.1 Å². The first kappa shape index (κ1) is 32.5. The summed E-state index contributed by atoms with van der Waals surface area (Å²) in [5.74, 6) is 5.08. The van der Waals surface area contributed by atoms with Crippen LogP contribution in [0.5, 0.6) is 5.75 Å². The number of amides is 1. The van der Waals surface area contributed by atoms with Gasteiger partial charge in [0, 0.05) is 49.5 Å². The fourth-order valence-corrected chi connectivity index (χ4v) is 6.77. The number of nitriles is 1. The van der Waals surface area contributed by atoms with E-state index in [0.29, 0.717) is 55.2 Å². The topological polar surface area (TPSA) is 143 Å². The first-order valence-corrected chi connectivity index (χ1v) is 16.4. The standard InChI is InChI=1S/C34H35N5O6S/c1-24(2)32(34(41)42)36-46(43,44)39-17-15-37(16-18-39)29-12-9-25(10-13-29)3-4-26-11-14-31-30(21-26)33(40)38(19-20-45-31)23-28-7-5-27(22-35)6-8-28/h5-14,21,24,32,36H,15-20,23H2,1-2H3,(H,41,42)/t32-/m1/s1. The van der Waals surface area contributed by atoms with Gasteiger partial charge in [-0.3, -0.25) is 9.59 Å². The van der Waals surface area contributed by atoms with Gasteiger partial charge in [-0.1, -0.05) is 37.8 Å². The Kier molecular flexibility index (Phi) is 9.93. The maximum absolute atomic E-state index is 13.4. The number of hydrogen-bond donors (Lipinski definition) is 2. The molecule has 1 saturated heterocycles. The van der Waals surface area contributed by atoms with Crippen LogP contribution in [0.25, 0.3) is 0 Å². The molecule has 0 aliphatic carbocycles. The third-order valence-electron chi connectivity index (χ3n) is 7.94. The first-order valence-electron chi connectivity index (χ1n) is 15.0. The lowest BCUT2D eigenvalue weighted by Gasteiger charge is -2.36. The smallest absolute Gasteiger partial charge is 0.322 e. The number of piperazine rings is 1. The number of aliphatic carboxylic acids is 1. The second kappa shape index (κ2) is 14.0. The van der Waals surface area contributed by atoms with Gasteiger partial charge in [0.15, 0.2) is 0 Å². The highest BCUT2D eigenvalue weighted by Gasteiger charge is 2.33. The molecule has 2 aliphatic heterocycles. The number of fused-ring (bicyclic) bond motifs is 1. The largest absolute Gasteiger partial charge is 0.491 e. The highest BCUT2D eigenvalue weighted by Crippen LogP contribution is 2.26. The zero-order valence-corrected chi connectivity index (χ0v) is 26.5. The second-order valence-electron chi connectivity index (χ2n) is 11.5. The van der Waals surface area contributed by atoms with Gasteiger partial charge in [0.25, 0.3) is 16.1 Å². The number of carboxylic acid groups (broad SMARTS) is 1. The number of ether oxygens (including phenoxy) is 1. The lowest BCUT2D eigenvalue weighted by atomic mass is 10.1. The molecule has 3 aromatic rings.